The van der Waals surface area contributed by atoms with Gasteiger partial charge in [-0.1, -0.05) is 35.9 Å². The number of likely N-dealkylation sites (tertiary alicyclic amines) is 1. The van der Waals surface area contributed by atoms with Crippen LogP contribution < -0.4 is 14.8 Å². The molecular formula is C25H32N2O4. The van der Waals surface area contributed by atoms with E-state index in [2.05, 4.69) is 5.32 Å². The van der Waals surface area contributed by atoms with Gasteiger partial charge in [-0.05, 0) is 50.5 Å². The average molecular weight is 425 g/mol. The van der Waals surface area contributed by atoms with Crippen molar-refractivity contribution in [2.24, 2.45) is 0 Å². The molecule has 1 saturated heterocycles. The summed E-state index contributed by atoms with van der Waals surface area (Å²) in [5, 5.41) is 3.09. The van der Waals surface area contributed by atoms with Gasteiger partial charge in [0.1, 0.15) is 11.5 Å². The van der Waals surface area contributed by atoms with Crippen LogP contribution in [0.4, 0.5) is 0 Å². The van der Waals surface area contributed by atoms with Crippen LogP contribution >= 0.6 is 0 Å². The topological polar surface area (TPSA) is 67.9 Å². The first kappa shape index (κ1) is 22.7. The Morgan fingerprint density at radius 2 is 1.55 bits per heavy atom. The highest BCUT2D eigenvalue weighted by atomic mass is 16.5. The fourth-order valence-corrected chi connectivity index (χ4v) is 3.56. The highest BCUT2D eigenvalue weighted by Gasteiger charge is 2.23. The van der Waals surface area contributed by atoms with Gasteiger partial charge < -0.3 is 19.7 Å². The summed E-state index contributed by atoms with van der Waals surface area (Å²) in [6.45, 7) is 4.28. The number of carbonyl (C=O) groups excluding carboxylic acids is 2. The summed E-state index contributed by atoms with van der Waals surface area (Å²) in [6, 6.07) is 17.6. The molecule has 31 heavy (non-hydrogen) atoms. The van der Waals surface area contributed by atoms with Crippen molar-refractivity contribution >= 4 is 11.8 Å². The molecule has 1 N–H and O–H groups in total. The zero-order valence-electron chi connectivity index (χ0n) is 18.2. The maximum absolute atomic E-state index is 12.4. The number of para-hydroxylation sites is 1. The average Bonchev–Trinajstić information content (AvgIpc) is 2.79. The second kappa shape index (κ2) is 12.0. The van der Waals surface area contributed by atoms with E-state index in [1.54, 1.807) is 0 Å². The molecule has 2 amide bonds. The Labute approximate surface area is 184 Å². The van der Waals surface area contributed by atoms with Crippen molar-refractivity contribution in [2.45, 2.75) is 45.1 Å². The molecule has 2 aromatic rings. The molecule has 1 fully saturated rings. The third-order valence-electron chi connectivity index (χ3n) is 5.38. The number of amides is 2. The van der Waals surface area contributed by atoms with Crippen molar-refractivity contribution in [3.8, 4) is 11.5 Å². The summed E-state index contributed by atoms with van der Waals surface area (Å²) in [7, 11) is 0. The normalized spacial score (nSPS) is 14.2. The first-order chi connectivity index (χ1) is 15.1. The van der Waals surface area contributed by atoms with E-state index in [-0.39, 0.29) is 17.9 Å². The van der Waals surface area contributed by atoms with Gasteiger partial charge in [0, 0.05) is 25.6 Å². The van der Waals surface area contributed by atoms with Crippen LogP contribution in [-0.2, 0) is 9.59 Å². The molecule has 1 aliphatic rings. The first-order valence-electron chi connectivity index (χ1n) is 11.0. The number of nitrogens with zero attached hydrogens (tertiary/aromatic N) is 1. The largest absolute Gasteiger partial charge is 0.494 e. The minimum Gasteiger partial charge on any atom is -0.494 e. The Kier molecular flexibility index (Phi) is 8.76. The number of hydrogen-bond acceptors (Lipinski definition) is 4. The van der Waals surface area contributed by atoms with Gasteiger partial charge in [0.15, 0.2) is 0 Å². The van der Waals surface area contributed by atoms with Crippen LogP contribution in [0.25, 0.3) is 0 Å². The van der Waals surface area contributed by atoms with Gasteiger partial charge in [-0.15, -0.1) is 0 Å². The number of ether oxygens (including phenoxy) is 2. The number of piperidine rings is 1. The van der Waals surface area contributed by atoms with Crippen molar-refractivity contribution in [1.29, 1.82) is 0 Å². The van der Waals surface area contributed by atoms with E-state index < -0.39 is 0 Å². The van der Waals surface area contributed by atoms with E-state index in [9.17, 15) is 9.59 Å². The second-order valence-electron chi connectivity index (χ2n) is 7.90. The smallest absolute Gasteiger partial charge is 0.225 e. The van der Waals surface area contributed by atoms with E-state index in [4.69, 9.17) is 9.47 Å². The van der Waals surface area contributed by atoms with Crippen LogP contribution in [0, 0.1) is 6.92 Å². The molecule has 166 valence electrons. The van der Waals surface area contributed by atoms with Gasteiger partial charge in [0.05, 0.1) is 19.6 Å². The van der Waals surface area contributed by atoms with Crippen molar-refractivity contribution in [3.63, 3.8) is 0 Å². The molecule has 0 unspecified atom stereocenters. The molecule has 0 aromatic heterocycles. The van der Waals surface area contributed by atoms with Gasteiger partial charge in [-0.3, -0.25) is 9.59 Å². The van der Waals surface area contributed by atoms with Crippen molar-refractivity contribution in [3.05, 3.63) is 60.2 Å². The minimum atomic E-state index is 0.0496. The van der Waals surface area contributed by atoms with Crippen LogP contribution in [0.15, 0.2) is 54.6 Å². The Morgan fingerprint density at radius 1 is 0.903 bits per heavy atom. The molecule has 6 heteroatoms. The maximum atomic E-state index is 12.4. The van der Waals surface area contributed by atoms with Crippen LogP contribution in [0.3, 0.4) is 0 Å². The zero-order valence-corrected chi connectivity index (χ0v) is 18.2. The van der Waals surface area contributed by atoms with Gasteiger partial charge in [0.2, 0.25) is 11.8 Å². The lowest BCUT2D eigenvalue weighted by molar-refractivity contribution is -0.132. The predicted molar refractivity (Wildman–Crippen MR) is 120 cm³/mol. The fourth-order valence-electron chi connectivity index (χ4n) is 3.56. The standard InChI is InChI=1S/C25H32N2O4/c1-20-9-11-23(12-10-20)30-18-5-8-24(28)26-21-13-16-27(17-14-21)25(29)15-19-31-22-6-3-2-4-7-22/h2-4,6-7,9-12,21H,5,8,13-19H2,1H3,(H,26,28). The molecule has 0 aliphatic carbocycles. The fraction of sp³-hybridized carbons (Fsp3) is 0.440. The monoisotopic (exact) mass is 424 g/mol. The quantitative estimate of drug-likeness (QED) is 0.590. The SMILES string of the molecule is Cc1ccc(OCCCC(=O)NC2CCN(C(=O)CCOc3ccccc3)CC2)cc1. The molecule has 1 aliphatic heterocycles. The third kappa shape index (κ3) is 7.96. The van der Waals surface area contributed by atoms with E-state index in [0.717, 1.165) is 24.3 Å². The number of rotatable bonds is 10. The molecule has 0 saturated carbocycles. The van der Waals surface area contributed by atoms with Crippen molar-refractivity contribution < 1.29 is 19.1 Å². The molecular weight excluding hydrogens is 392 g/mol. The van der Waals surface area contributed by atoms with Gasteiger partial charge in [-0.2, -0.15) is 0 Å². The Morgan fingerprint density at radius 3 is 2.26 bits per heavy atom. The summed E-state index contributed by atoms with van der Waals surface area (Å²) in [6.07, 6.45) is 3.07. The molecule has 0 spiro atoms. The van der Waals surface area contributed by atoms with E-state index in [1.165, 1.54) is 5.56 Å². The van der Waals surface area contributed by atoms with Crippen molar-refractivity contribution in [2.75, 3.05) is 26.3 Å². The van der Waals surface area contributed by atoms with E-state index in [1.807, 2.05) is 66.4 Å². The zero-order chi connectivity index (χ0) is 21.9. The lowest BCUT2D eigenvalue weighted by Gasteiger charge is -2.32. The Hall–Kier alpha value is -3.02. The Bertz CT molecular complexity index is 815. The maximum Gasteiger partial charge on any atom is 0.225 e. The first-order valence-corrected chi connectivity index (χ1v) is 11.0. The summed E-state index contributed by atoms with van der Waals surface area (Å²) in [4.78, 5) is 26.4. The molecule has 6 nitrogen and oxygen atoms in total. The number of benzene rings is 2. The number of hydrogen-bond donors (Lipinski definition) is 1. The molecule has 0 bridgehead atoms. The predicted octanol–water partition coefficient (Wildman–Crippen LogP) is 3.73. The van der Waals surface area contributed by atoms with Crippen molar-refractivity contribution in [1.82, 2.24) is 10.2 Å². The molecule has 2 aromatic carbocycles. The molecule has 3 rings (SSSR count). The highest BCUT2D eigenvalue weighted by molar-refractivity contribution is 5.77. The van der Waals surface area contributed by atoms with E-state index in [0.29, 0.717) is 45.6 Å². The summed E-state index contributed by atoms with van der Waals surface area (Å²) >= 11 is 0. The van der Waals surface area contributed by atoms with Crippen LogP contribution in [0.5, 0.6) is 11.5 Å². The summed E-state index contributed by atoms with van der Waals surface area (Å²) in [5.74, 6) is 1.76. The van der Waals surface area contributed by atoms with Gasteiger partial charge in [-0.25, -0.2) is 0 Å². The van der Waals surface area contributed by atoms with E-state index >= 15 is 0 Å². The second-order valence-corrected chi connectivity index (χ2v) is 7.90. The van der Waals surface area contributed by atoms with Crippen LogP contribution in [-0.4, -0.2) is 49.1 Å². The summed E-state index contributed by atoms with van der Waals surface area (Å²) in [5.41, 5.74) is 1.19. The number of aryl methyl sites for hydroxylation is 1. The van der Waals surface area contributed by atoms with Gasteiger partial charge >= 0.3 is 0 Å². The third-order valence-corrected chi connectivity index (χ3v) is 5.38. The minimum absolute atomic E-state index is 0.0496. The van der Waals surface area contributed by atoms with Gasteiger partial charge in [0.25, 0.3) is 0 Å². The lowest BCUT2D eigenvalue weighted by Crippen LogP contribution is -2.46. The molecule has 0 radical (unpaired) electrons. The number of nitrogens with one attached hydrogen (secondary N) is 1. The molecule has 0 atom stereocenters. The van der Waals surface area contributed by atoms with Crippen LogP contribution in [0.2, 0.25) is 0 Å². The van der Waals surface area contributed by atoms with Crippen LogP contribution in [0.1, 0.15) is 37.7 Å². The lowest BCUT2D eigenvalue weighted by atomic mass is 10.0. The molecule has 1 heterocycles. The highest BCUT2D eigenvalue weighted by Crippen LogP contribution is 2.14. The number of carbonyl (C=O) groups is 2. The Balaban J connectivity index is 1.25. The summed E-state index contributed by atoms with van der Waals surface area (Å²) < 4.78 is 11.3.